The highest BCUT2D eigenvalue weighted by Gasteiger charge is 2.03. The van der Waals surface area contributed by atoms with Gasteiger partial charge in [-0.2, -0.15) is 0 Å². The van der Waals surface area contributed by atoms with Gasteiger partial charge in [0.2, 0.25) is 0 Å². The molecule has 1 aromatic heterocycles. The fourth-order valence-electron chi connectivity index (χ4n) is 0.987. The van der Waals surface area contributed by atoms with E-state index in [1.54, 1.807) is 0 Å². The van der Waals surface area contributed by atoms with E-state index < -0.39 is 0 Å². The monoisotopic (exact) mass is 155 g/mol. The molecule has 3 nitrogen and oxygen atoms in total. The van der Waals surface area contributed by atoms with Gasteiger partial charge in [-0.15, -0.1) is 0 Å². The number of nitrogens with zero attached hydrogens (tertiary/aromatic N) is 1. The Morgan fingerprint density at radius 1 is 1.55 bits per heavy atom. The Balaban J connectivity index is 2.32. The molecule has 0 aliphatic heterocycles. The molecule has 0 saturated carbocycles. The second-order valence-electron chi connectivity index (χ2n) is 2.62. The number of rotatable bonds is 4. The van der Waals surface area contributed by atoms with Gasteiger partial charge in [0.15, 0.2) is 0 Å². The average Bonchev–Trinajstić information content (AvgIpc) is 2.37. The Labute approximate surface area is 66.0 Å². The molecular formula is C8H13NO2. The molecule has 0 fully saturated rings. The van der Waals surface area contributed by atoms with Crippen LogP contribution >= 0.6 is 0 Å². The van der Waals surface area contributed by atoms with Crippen LogP contribution in [0, 0.1) is 0 Å². The highest BCUT2D eigenvalue weighted by molar-refractivity contribution is 5.18. The van der Waals surface area contributed by atoms with Crippen molar-refractivity contribution in [2.24, 2.45) is 0 Å². The standard InChI is InChI=1S/C8H13NO2/c1-2-3-4-5-7-6-11-9-8(7)10/h6H,2-5H2,1H3,(H,9,10). The van der Waals surface area contributed by atoms with Gasteiger partial charge in [0.05, 0.1) is 5.56 Å². The SMILES string of the molecule is CCCCCc1conc1O. The first-order valence-electron chi connectivity index (χ1n) is 3.96. The second-order valence-corrected chi connectivity index (χ2v) is 2.62. The highest BCUT2D eigenvalue weighted by Crippen LogP contribution is 2.16. The molecule has 0 atom stereocenters. The Hall–Kier alpha value is -0.990. The predicted molar refractivity (Wildman–Crippen MR) is 41.4 cm³/mol. The zero-order valence-electron chi connectivity index (χ0n) is 6.71. The van der Waals surface area contributed by atoms with Crippen LogP contribution in [0.25, 0.3) is 0 Å². The summed E-state index contributed by atoms with van der Waals surface area (Å²) in [6.07, 6.45) is 5.83. The molecule has 0 aromatic carbocycles. The fourth-order valence-corrected chi connectivity index (χ4v) is 0.987. The van der Waals surface area contributed by atoms with Crippen molar-refractivity contribution in [3.05, 3.63) is 11.8 Å². The van der Waals surface area contributed by atoms with Crippen molar-refractivity contribution in [2.45, 2.75) is 32.6 Å². The number of hydrogen-bond donors (Lipinski definition) is 1. The molecular weight excluding hydrogens is 142 g/mol. The van der Waals surface area contributed by atoms with Crippen molar-refractivity contribution in [1.82, 2.24) is 5.16 Å². The third kappa shape index (κ3) is 2.26. The lowest BCUT2D eigenvalue weighted by Crippen LogP contribution is -1.82. The van der Waals surface area contributed by atoms with E-state index in [1.165, 1.54) is 19.1 Å². The topological polar surface area (TPSA) is 46.3 Å². The summed E-state index contributed by atoms with van der Waals surface area (Å²) in [4.78, 5) is 0. The van der Waals surface area contributed by atoms with E-state index in [4.69, 9.17) is 5.11 Å². The minimum absolute atomic E-state index is 0.0427. The largest absolute Gasteiger partial charge is 0.491 e. The van der Waals surface area contributed by atoms with Crippen LogP contribution in [0.15, 0.2) is 10.8 Å². The van der Waals surface area contributed by atoms with E-state index in [2.05, 4.69) is 16.6 Å². The number of aromatic hydroxyl groups is 1. The minimum Gasteiger partial charge on any atom is -0.491 e. The lowest BCUT2D eigenvalue weighted by molar-refractivity contribution is 0.359. The average molecular weight is 155 g/mol. The molecule has 3 heteroatoms. The minimum atomic E-state index is 0.0427. The maximum atomic E-state index is 9.04. The van der Waals surface area contributed by atoms with Crippen molar-refractivity contribution >= 4 is 0 Å². The molecule has 1 aromatic rings. The zero-order chi connectivity index (χ0) is 8.10. The van der Waals surface area contributed by atoms with Crippen LogP contribution in [0.5, 0.6) is 5.88 Å². The normalized spacial score (nSPS) is 10.3. The first-order valence-corrected chi connectivity index (χ1v) is 3.96. The molecule has 11 heavy (non-hydrogen) atoms. The van der Waals surface area contributed by atoms with E-state index in [-0.39, 0.29) is 5.88 Å². The third-order valence-corrected chi connectivity index (χ3v) is 1.67. The molecule has 0 amide bonds. The van der Waals surface area contributed by atoms with Crippen LogP contribution in [-0.4, -0.2) is 10.3 Å². The number of unbranched alkanes of at least 4 members (excludes halogenated alkanes) is 2. The Bertz CT molecular complexity index is 208. The molecule has 0 aliphatic rings. The lowest BCUT2D eigenvalue weighted by atomic mass is 10.1. The molecule has 0 spiro atoms. The van der Waals surface area contributed by atoms with Gasteiger partial charge >= 0.3 is 0 Å². The van der Waals surface area contributed by atoms with Crippen molar-refractivity contribution < 1.29 is 9.63 Å². The summed E-state index contributed by atoms with van der Waals surface area (Å²) >= 11 is 0. The quantitative estimate of drug-likeness (QED) is 0.677. The van der Waals surface area contributed by atoms with Gasteiger partial charge in [-0.3, -0.25) is 0 Å². The van der Waals surface area contributed by atoms with Crippen molar-refractivity contribution in [1.29, 1.82) is 0 Å². The molecule has 1 rings (SSSR count). The Kier molecular flexibility index (Phi) is 2.95. The number of hydrogen-bond acceptors (Lipinski definition) is 3. The van der Waals surface area contributed by atoms with Gasteiger partial charge < -0.3 is 9.63 Å². The first kappa shape index (κ1) is 8.11. The summed E-state index contributed by atoms with van der Waals surface area (Å²) in [6.45, 7) is 2.15. The van der Waals surface area contributed by atoms with Gasteiger partial charge in [0.25, 0.3) is 5.88 Å². The van der Waals surface area contributed by atoms with E-state index in [0.717, 1.165) is 18.4 Å². The lowest BCUT2D eigenvalue weighted by Gasteiger charge is -1.93. The molecule has 1 heterocycles. The highest BCUT2D eigenvalue weighted by atomic mass is 16.5. The van der Waals surface area contributed by atoms with Crippen LogP contribution in [0.1, 0.15) is 31.7 Å². The summed E-state index contributed by atoms with van der Waals surface area (Å²) in [5.41, 5.74) is 0.818. The molecule has 62 valence electrons. The van der Waals surface area contributed by atoms with Crippen molar-refractivity contribution in [2.75, 3.05) is 0 Å². The van der Waals surface area contributed by atoms with Crippen LogP contribution in [-0.2, 0) is 6.42 Å². The van der Waals surface area contributed by atoms with Gasteiger partial charge in [0.1, 0.15) is 6.26 Å². The van der Waals surface area contributed by atoms with Crippen LogP contribution in [0.4, 0.5) is 0 Å². The van der Waals surface area contributed by atoms with Gasteiger partial charge in [-0.1, -0.05) is 19.8 Å². The maximum absolute atomic E-state index is 9.04. The zero-order valence-corrected chi connectivity index (χ0v) is 6.71. The van der Waals surface area contributed by atoms with E-state index in [9.17, 15) is 0 Å². The van der Waals surface area contributed by atoms with E-state index in [1.807, 2.05) is 0 Å². The third-order valence-electron chi connectivity index (χ3n) is 1.67. The van der Waals surface area contributed by atoms with Gasteiger partial charge in [0, 0.05) is 0 Å². The maximum Gasteiger partial charge on any atom is 0.254 e. The predicted octanol–water partition coefficient (Wildman–Crippen LogP) is 2.11. The van der Waals surface area contributed by atoms with Crippen LogP contribution in [0.3, 0.4) is 0 Å². The summed E-state index contributed by atoms with van der Waals surface area (Å²) in [6, 6.07) is 0. The van der Waals surface area contributed by atoms with Crippen LogP contribution in [0.2, 0.25) is 0 Å². The van der Waals surface area contributed by atoms with Crippen molar-refractivity contribution in [3.63, 3.8) is 0 Å². The second kappa shape index (κ2) is 4.01. The molecule has 1 N–H and O–H groups in total. The Morgan fingerprint density at radius 3 is 2.91 bits per heavy atom. The van der Waals surface area contributed by atoms with Crippen LogP contribution < -0.4 is 0 Å². The van der Waals surface area contributed by atoms with E-state index in [0.29, 0.717) is 0 Å². The summed E-state index contributed by atoms with van der Waals surface area (Å²) in [7, 11) is 0. The van der Waals surface area contributed by atoms with Gasteiger partial charge in [-0.25, -0.2) is 0 Å². The molecule has 0 saturated heterocycles. The molecule has 0 bridgehead atoms. The smallest absolute Gasteiger partial charge is 0.254 e. The van der Waals surface area contributed by atoms with E-state index >= 15 is 0 Å². The molecule has 0 unspecified atom stereocenters. The van der Waals surface area contributed by atoms with Gasteiger partial charge in [-0.05, 0) is 18.0 Å². The van der Waals surface area contributed by atoms with Crippen molar-refractivity contribution in [3.8, 4) is 5.88 Å². The summed E-state index contributed by atoms with van der Waals surface area (Å²) in [5.74, 6) is 0.0427. The molecule has 0 aliphatic carbocycles. The first-order chi connectivity index (χ1) is 5.34. The summed E-state index contributed by atoms with van der Waals surface area (Å²) in [5, 5.41) is 12.4. The fraction of sp³-hybridized carbons (Fsp3) is 0.625. The number of aryl methyl sites for hydroxylation is 1. The Morgan fingerprint density at radius 2 is 2.36 bits per heavy atom. The molecule has 0 radical (unpaired) electrons. The summed E-state index contributed by atoms with van der Waals surface area (Å²) < 4.78 is 4.58. The number of aromatic nitrogens is 1.